The molecule has 0 aromatic carbocycles. The van der Waals surface area contributed by atoms with E-state index in [0.717, 1.165) is 11.1 Å². The number of pyridine rings is 1. The molecule has 0 radical (unpaired) electrons. The third kappa shape index (κ3) is 1.60. The zero-order chi connectivity index (χ0) is 10.1. The van der Waals surface area contributed by atoms with Crippen molar-refractivity contribution in [2.24, 2.45) is 11.7 Å². The third-order valence-electron chi connectivity index (χ3n) is 3.10. The first kappa shape index (κ1) is 9.46. The van der Waals surface area contributed by atoms with Crippen LogP contribution in [0.1, 0.15) is 36.4 Å². The highest BCUT2D eigenvalue weighted by Gasteiger charge is 2.27. The molecule has 76 valence electrons. The Bertz CT molecular complexity index is 331. The Labute approximate surface area is 84.5 Å². The molecular weight excluding hydrogens is 174 g/mol. The SMILES string of the molecule is Cc1cnc(N)c(C(N)C2CCC2)c1. The number of hydrogen-bond donors (Lipinski definition) is 2. The molecule has 4 N–H and O–H groups in total. The predicted molar refractivity (Wildman–Crippen MR) is 57.7 cm³/mol. The molecule has 0 saturated heterocycles. The van der Waals surface area contributed by atoms with Gasteiger partial charge in [-0.2, -0.15) is 0 Å². The summed E-state index contributed by atoms with van der Waals surface area (Å²) in [4.78, 5) is 4.14. The van der Waals surface area contributed by atoms with E-state index in [2.05, 4.69) is 11.1 Å². The number of aromatic nitrogens is 1. The standard InChI is InChI=1S/C11H17N3/c1-7-5-9(11(13)14-6-7)10(12)8-3-2-4-8/h5-6,8,10H,2-4,12H2,1H3,(H2,13,14). The summed E-state index contributed by atoms with van der Waals surface area (Å²) in [7, 11) is 0. The summed E-state index contributed by atoms with van der Waals surface area (Å²) >= 11 is 0. The van der Waals surface area contributed by atoms with Crippen LogP contribution in [-0.2, 0) is 0 Å². The number of nitrogens with two attached hydrogens (primary N) is 2. The van der Waals surface area contributed by atoms with Gasteiger partial charge < -0.3 is 11.5 Å². The Balaban J connectivity index is 2.24. The molecule has 1 saturated carbocycles. The van der Waals surface area contributed by atoms with E-state index in [1.54, 1.807) is 6.20 Å². The van der Waals surface area contributed by atoms with Crippen molar-refractivity contribution in [1.29, 1.82) is 0 Å². The first-order valence-electron chi connectivity index (χ1n) is 5.16. The molecule has 1 aromatic rings. The largest absolute Gasteiger partial charge is 0.383 e. The molecule has 1 atom stereocenters. The molecule has 0 amide bonds. The molecule has 1 aromatic heterocycles. The smallest absolute Gasteiger partial charge is 0.128 e. The lowest BCUT2D eigenvalue weighted by molar-refractivity contribution is 0.264. The second kappa shape index (κ2) is 3.58. The summed E-state index contributed by atoms with van der Waals surface area (Å²) in [6, 6.07) is 2.14. The number of anilines is 1. The van der Waals surface area contributed by atoms with Crippen molar-refractivity contribution in [3.63, 3.8) is 0 Å². The number of nitrogens with zero attached hydrogens (tertiary/aromatic N) is 1. The molecule has 1 aliphatic rings. The second-order valence-electron chi connectivity index (χ2n) is 4.20. The van der Waals surface area contributed by atoms with Gasteiger partial charge in [-0.25, -0.2) is 4.98 Å². The number of nitrogen functional groups attached to an aromatic ring is 1. The van der Waals surface area contributed by atoms with Crippen LogP contribution in [0.15, 0.2) is 12.3 Å². The van der Waals surface area contributed by atoms with Crippen LogP contribution in [0.25, 0.3) is 0 Å². The van der Waals surface area contributed by atoms with Gasteiger partial charge in [-0.3, -0.25) is 0 Å². The molecule has 3 heteroatoms. The fourth-order valence-corrected chi connectivity index (χ4v) is 1.92. The van der Waals surface area contributed by atoms with E-state index >= 15 is 0 Å². The maximum absolute atomic E-state index is 6.15. The van der Waals surface area contributed by atoms with Crippen LogP contribution in [-0.4, -0.2) is 4.98 Å². The van der Waals surface area contributed by atoms with E-state index in [-0.39, 0.29) is 6.04 Å². The fraction of sp³-hybridized carbons (Fsp3) is 0.545. The van der Waals surface area contributed by atoms with Crippen molar-refractivity contribution in [3.05, 3.63) is 23.4 Å². The molecule has 0 spiro atoms. The average molecular weight is 191 g/mol. The minimum atomic E-state index is 0.0798. The van der Waals surface area contributed by atoms with Crippen LogP contribution in [0.2, 0.25) is 0 Å². The van der Waals surface area contributed by atoms with Crippen molar-refractivity contribution in [2.45, 2.75) is 32.2 Å². The number of hydrogen-bond acceptors (Lipinski definition) is 3. The van der Waals surface area contributed by atoms with Gasteiger partial charge >= 0.3 is 0 Å². The van der Waals surface area contributed by atoms with Gasteiger partial charge in [0.05, 0.1) is 0 Å². The molecule has 14 heavy (non-hydrogen) atoms. The molecule has 1 unspecified atom stereocenters. The summed E-state index contributed by atoms with van der Waals surface area (Å²) in [5, 5.41) is 0. The normalized spacial score (nSPS) is 19.0. The Hall–Kier alpha value is -1.09. The van der Waals surface area contributed by atoms with Crippen LogP contribution in [0.5, 0.6) is 0 Å². The lowest BCUT2D eigenvalue weighted by atomic mass is 9.77. The number of aryl methyl sites for hydroxylation is 1. The molecule has 0 bridgehead atoms. The van der Waals surface area contributed by atoms with Crippen molar-refractivity contribution < 1.29 is 0 Å². The fourth-order valence-electron chi connectivity index (χ4n) is 1.92. The zero-order valence-corrected chi connectivity index (χ0v) is 8.53. The lowest BCUT2D eigenvalue weighted by Crippen LogP contribution is -2.27. The van der Waals surface area contributed by atoms with E-state index in [1.165, 1.54) is 19.3 Å². The van der Waals surface area contributed by atoms with Gasteiger partial charge in [0.25, 0.3) is 0 Å². The molecule has 2 rings (SSSR count). The lowest BCUT2D eigenvalue weighted by Gasteiger charge is -2.31. The van der Waals surface area contributed by atoms with Gasteiger partial charge in [0.2, 0.25) is 0 Å². The predicted octanol–water partition coefficient (Wildman–Crippen LogP) is 1.77. The molecule has 1 fully saturated rings. The van der Waals surface area contributed by atoms with Gasteiger partial charge in [0.1, 0.15) is 5.82 Å². The van der Waals surface area contributed by atoms with Crippen molar-refractivity contribution >= 4 is 5.82 Å². The maximum Gasteiger partial charge on any atom is 0.128 e. The summed E-state index contributed by atoms with van der Waals surface area (Å²) in [6.07, 6.45) is 5.55. The first-order chi connectivity index (χ1) is 6.68. The monoisotopic (exact) mass is 191 g/mol. The third-order valence-corrected chi connectivity index (χ3v) is 3.10. The minimum absolute atomic E-state index is 0.0798. The van der Waals surface area contributed by atoms with Crippen LogP contribution in [0, 0.1) is 12.8 Å². The van der Waals surface area contributed by atoms with Crippen molar-refractivity contribution in [1.82, 2.24) is 4.98 Å². The summed E-state index contributed by atoms with van der Waals surface area (Å²) in [5.74, 6) is 1.20. The minimum Gasteiger partial charge on any atom is -0.383 e. The van der Waals surface area contributed by atoms with Gasteiger partial charge in [-0.1, -0.05) is 6.42 Å². The van der Waals surface area contributed by atoms with E-state index in [0.29, 0.717) is 11.7 Å². The van der Waals surface area contributed by atoms with Gasteiger partial charge in [-0.15, -0.1) is 0 Å². The highest BCUT2D eigenvalue weighted by atomic mass is 14.8. The van der Waals surface area contributed by atoms with E-state index < -0.39 is 0 Å². The second-order valence-corrected chi connectivity index (χ2v) is 4.20. The first-order valence-corrected chi connectivity index (χ1v) is 5.16. The van der Waals surface area contributed by atoms with E-state index in [9.17, 15) is 0 Å². The highest BCUT2D eigenvalue weighted by molar-refractivity contribution is 5.43. The van der Waals surface area contributed by atoms with Gasteiger partial charge in [0.15, 0.2) is 0 Å². The number of rotatable bonds is 2. The van der Waals surface area contributed by atoms with Crippen LogP contribution < -0.4 is 11.5 Å². The van der Waals surface area contributed by atoms with Crippen molar-refractivity contribution in [2.75, 3.05) is 5.73 Å². The molecule has 0 aliphatic heterocycles. The van der Waals surface area contributed by atoms with Crippen LogP contribution >= 0.6 is 0 Å². The molecule has 1 aliphatic carbocycles. The Morgan fingerprint density at radius 2 is 2.21 bits per heavy atom. The average Bonchev–Trinajstić information content (AvgIpc) is 2.06. The zero-order valence-electron chi connectivity index (χ0n) is 8.53. The molecular formula is C11H17N3. The molecule has 1 heterocycles. The quantitative estimate of drug-likeness (QED) is 0.748. The summed E-state index contributed by atoms with van der Waals surface area (Å²) < 4.78 is 0. The van der Waals surface area contributed by atoms with Gasteiger partial charge in [-0.05, 0) is 37.3 Å². The Morgan fingerprint density at radius 1 is 1.50 bits per heavy atom. The summed E-state index contributed by atoms with van der Waals surface area (Å²) in [6.45, 7) is 2.02. The Kier molecular flexibility index (Phi) is 2.42. The topological polar surface area (TPSA) is 64.9 Å². The van der Waals surface area contributed by atoms with E-state index in [4.69, 9.17) is 11.5 Å². The summed E-state index contributed by atoms with van der Waals surface area (Å²) in [5.41, 5.74) is 14.1. The highest BCUT2D eigenvalue weighted by Crippen LogP contribution is 2.37. The van der Waals surface area contributed by atoms with E-state index in [1.807, 2.05) is 6.92 Å². The Morgan fingerprint density at radius 3 is 2.79 bits per heavy atom. The van der Waals surface area contributed by atoms with Gasteiger partial charge in [0, 0.05) is 17.8 Å². The van der Waals surface area contributed by atoms with Crippen LogP contribution in [0.4, 0.5) is 5.82 Å². The molecule has 3 nitrogen and oxygen atoms in total. The van der Waals surface area contributed by atoms with Crippen LogP contribution in [0.3, 0.4) is 0 Å². The maximum atomic E-state index is 6.15. The van der Waals surface area contributed by atoms with Crippen molar-refractivity contribution in [3.8, 4) is 0 Å².